The maximum atomic E-state index is 12.7. The minimum atomic E-state index is -0.768. The van der Waals surface area contributed by atoms with Gasteiger partial charge < -0.3 is 10.5 Å². The molecule has 28 heavy (non-hydrogen) atoms. The summed E-state index contributed by atoms with van der Waals surface area (Å²) in [4.78, 5) is 49.8. The van der Waals surface area contributed by atoms with Crippen molar-refractivity contribution in [2.45, 2.75) is 33.4 Å². The van der Waals surface area contributed by atoms with Crippen molar-refractivity contribution in [1.29, 1.82) is 0 Å². The molecule has 1 aliphatic carbocycles. The number of nitrogen functional groups attached to an aromatic ring is 1. The normalized spacial score (nSPS) is 17.9. The molecule has 0 amide bonds. The maximum absolute atomic E-state index is 12.7. The van der Waals surface area contributed by atoms with Gasteiger partial charge in [0, 0.05) is 6.54 Å². The van der Waals surface area contributed by atoms with Gasteiger partial charge >= 0.3 is 11.7 Å². The van der Waals surface area contributed by atoms with Crippen molar-refractivity contribution in [3.63, 3.8) is 0 Å². The Labute approximate surface area is 161 Å². The van der Waals surface area contributed by atoms with Crippen molar-refractivity contribution in [2.24, 2.45) is 11.8 Å². The van der Waals surface area contributed by atoms with Crippen LogP contribution in [-0.2, 0) is 22.6 Å². The van der Waals surface area contributed by atoms with Crippen LogP contribution in [-0.4, -0.2) is 27.5 Å². The molecular weight excluding hydrogens is 362 g/mol. The summed E-state index contributed by atoms with van der Waals surface area (Å²) in [6, 6.07) is 9.10. The zero-order valence-corrected chi connectivity index (χ0v) is 15.9. The fraction of sp³-hybridized carbons (Fsp3) is 0.400. The predicted octanol–water partition coefficient (Wildman–Crippen LogP) is 1.04. The number of esters is 1. The Balaban J connectivity index is 1.94. The van der Waals surface area contributed by atoms with Crippen molar-refractivity contribution >= 4 is 17.6 Å². The van der Waals surface area contributed by atoms with Crippen LogP contribution < -0.4 is 17.0 Å². The Kier molecular flexibility index (Phi) is 5.48. The van der Waals surface area contributed by atoms with Gasteiger partial charge in [-0.2, -0.15) is 0 Å². The molecule has 0 spiro atoms. The summed E-state index contributed by atoms with van der Waals surface area (Å²) in [6.45, 7) is 3.19. The van der Waals surface area contributed by atoms with Crippen LogP contribution in [0.5, 0.6) is 0 Å². The van der Waals surface area contributed by atoms with E-state index in [4.69, 9.17) is 10.5 Å². The lowest BCUT2D eigenvalue weighted by atomic mass is 10.2. The average Bonchev–Trinajstić information content (AvgIpc) is 3.41. The van der Waals surface area contributed by atoms with Gasteiger partial charge in [-0.15, -0.1) is 0 Å². The highest BCUT2D eigenvalue weighted by molar-refractivity contribution is 6.01. The Morgan fingerprint density at radius 1 is 1.18 bits per heavy atom. The number of hydrogen-bond donors (Lipinski definition) is 1. The second kappa shape index (κ2) is 7.84. The molecule has 1 fully saturated rings. The highest BCUT2D eigenvalue weighted by atomic mass is 16.5. The third-order valence-corrected chi connectivity index (χ3v) is 5.00. The standard InChI is InChI=1S/C20H23N3O5/c1-3-22-18(25)16(15(24)11-28-19(26)14-9-12(14)2)17(21)23(20(22)27)10-13-7-5-4-6-8-13/h4-8,12,14H,3,9-11,21H2,1-2H3/t12-,14-/m0/s1. The summed E-state index contributed by atoms with van der Waals surface area (Å²) in [7, 11) is 0. The molecule has 1 heterocycles. The third kappa shape index (κ3) is 3.76. The number of nitrogens with zero attached hydrogens (tertiary/aromatic N) is 2. The first-order valence-electron chi connectivity index (χ1n) is 9.22. The molecule has 0 bridgehead atoms. The average molecular weight is 385 g/mol. The molecule has 1 aromatic carbocycles. The van der Waals surface area contributed by atoms with E-state index in [1.54, 1.807) is 6.92 Å². The van der Waals surface area contributed by atoms with Crippen LogP contribution >= 0.6 is 0 Å². The summed E-state index contributed by atoms with van der Waals surface area (Å²) in [6.07, 6.45) is 0.736. The van der Waals surface area contributed by atoms with E-state index in [1.807, 2.05) is 37.3 Å². The summed E-state index contributed by atoms with van der Waals surface area (Å²) in [5.74, 6) is -1.33. The molecular formula is C20H23N3O5. The number of nitrogens with two attached hydrogens (primary N) is 1. The summed E-state index contributed by atoms with van der Waals surface area (Å²) in [5.41, 5.74) is 5.16. The quantitative estimate of drug-likeness (QED) is 0.563. The summed E-state index contributed by atoms with van der Waals surface area (Å²) in [5, 5.41) is 0. The van der Waals surface area contributed by atoms with Gasteiger partial charge in [-0.3, -0.25) is 23.5 Å². The van der Waals surface area contributed by atoms with Crippen LogP contribution in [0.1, 0.15) is 36.2 Å². The molecule has 1 saturated carbocycles. The number of rotatable bonds is 7. The van der Waals surface area contributed by atoms with Gasteiger partial charge in [0.05, 0.1) is 12.5 Å². The first-order chi connectivity index (χ1) is 13.3. The van der Waals surface area contributed by atoms with Crippen LogP contribution in [0.4, 0.5) is 5.82 Å². The molecule has 1 aliphatic rings. The second-order valence-corrected chi connectivity index (χ2v) is 7.01. The molecule has 0 saturated heterocycles. The van der Waals surface area contributed by atoms with E-state index >= 15 is 0 Å². The Bertz CT molecular complexity index is 1020. The van der Waals surface area contributed by atoms with Crippen LogP contribution in [0, 0.1) is 11.8 Å². The number of carbonyl (C=O) groups excluding carboxylic acids is 2. The molecule has 8 heteroatoms. The molecule has 148 valence electrons. The van der Waals surface area contributed by atoms with Crippen molar-refractivity contribution in [3.8, 4) is 0 Å². The number of hydrogen-bond acceptors (Lipinski definition) is 6. The molecule has 2 atom stereocenters. The van der Waals surface area contributed by atoms with Crippen molar-refractivity contribution in [1.82, 2.24) is 9.13 Å². The molecule has 8 nitrogen and oxygen atoms in total. The van der Waals surface area contributed by atoms with Crippen molar-refractivity contribution < 1.29 is 14.3 Å². The first kappa shape index (κ1) is 19.6. The number of anilines is 1. The number of benzene rings is 1. The fourth-order valence-electron chi connectivity index (χ4n) is 3.14. The zero-order valence-electron chi connectivity index (χ0n) is 15.9. The van der Waals surface area contributed by atoms with Gasteiger partial charge in [-0.25, -0.2) is 4.79 Å². The molecule has 2 aromatic rings. The summed E-state index contributed by atoms with van der Waals surface area (Å²) >= 11 is 0. The SMILES string of the molecule is CCn1c(=O)c(C(=O)COC(=O)[C@H]2C[C@@H]2C)c(N)n(Cc2ccccc2)c1=O. The number of aromatic nitrogens is 2. The van der Waals surface area contributed by atoms with Gasteiger partial charge in [-0.05, 0) is 24.8 Å². The van der Waals surface area contributed by atoms with Crippen molar-refractivity contribution in [2.75, 3.05) is 12.3 Å². The molecule has 1 aromatic heterocycles. The molecule has 0 aliphatic heterocycles. The number of carbonyl (C=O) groups is 2. The first-order valence-corrected chi connectivity index (χ1v) is 9.22. The molecule has 3 rings (SSSR count). The minimum Gasteiger partial charge on any atom is -0.457 e. The lowest BCUT2D eigenvalue weighted by molar-refractivity contribution is -0.144. The Morgan fingerprint density at radius 3 is 2.39 bits per heavy atom. The van der Waals surface area contributed by atoms with Crippen LogP contribution in [0.25, 0.3) is 0 Å². The van der Waals surface area contributed by atoms with Crippen LogP contribution in [0.2, 0.25) is 0 Å². The summed E-state index contributed by atoms with van der Waals surface area (Å²) < 4.78 is 7.19. The molecule has 0 unspecified atom stereocenters. The number of ether oxygens (including phenoxy) is 1. The van der Waals surface area contributed by atoms with Gasteiger partial charge in [0.1, 0.15) is 11.4 Å². The largest absolute Gasteiger partial charge is 0.457 e. The van der Waals surface area contributed by atoms with E-state index in [1.165, 1.54) is 4.57 Å². The van der Waals surface area contributed by atoms with E-state index in [0.29, 0.717) is 0 Å². The van der Waals surface area contributed by atoms with Gasteiger partial charge in [0.15, 0.2) is 6.61 Å². The number of ketones is 1. The van der Waals surface area contributed by atoms with E-state index in [9.17, 15) is 19.2 Å². The minimum absolute atomic E-state index is 0.0897. The van der Waals surface area contributed by atoms with E-state index in [2.05, 4.69) is 0 Å². The number of Topliss-reactive ketones (excluding diaryl/α,β-unsaturated/α-hetero) is 1. The van der Waals surface area contributed by atoms with E-state index < -0.39 is 29.6 Å². The predicted molar refractivity (Wildman–Crippen MR) is 103 cm³/mol. The van der Waals surface area contributed by atoms with Gasteiger partial charge in [-0.1, -0.05) is 37.3 Å². The van der Waals surface area contributed by atoms with Gasteiger partial charge in [0.2, 0.25) is 5.78 Å². The second-order valence-electron chi connectivity index (χ2n) is 7.01. The zero-order chi connectivity index (χ0) is 20.4. The molecule has 0 radical (unpaired) electrons. The van der Waals surface area contributed by atoms with Crippen LogP contribution in [0.15, 0.2) is 39.9 Å². The smallest absolute Gasteiger partial charge is 0.332 e. The van der Waals surface area contributed by atoms with Crippen LogP contribution in [0.3, 0.4) is 0 Å². The van der Waals surface area contributed by atoms with Crippen molar-refractivity contribution in [3.05, 3.63) is 62.3 Å². The third-order valence-electron chi connectivity index (χ3n) is 5.00. The Morgan fingerprint density at radius 2 is 1.82 bits per heavy atom. The highest BCUT2D eigenvalue weighted by Gasteiger charge is 2.40. The lowest BCUT2D eigenvalue weighted by Gasteiger charge is -2.15. The van der Waals surface area contributed by atoms with E-state index in [-0.39, 0.29) is 36.3 Å². The van der Waals surface area contributed by atoms with E-state index in [0.717, 1.165) is 16.6 Å². The molecule has 2 N–H and O–H groups in total. The maximum Gasteiger partial charge on any atom is 0.332 e. The topological polar surface area (TPSA) is 113 Å². The lowest BCUT2D eigenvalue weighted by Crippen LogP contribution is -2.44. The van der Waals surface area contributed by atoms with Gasteiger partial charge in [0.25, 0.3) is 5.56 Å². The Hall–Kier alpha value is -3.16. The highest BCUT2D eigenvalue weighted by Crippen LogP contribution is 2.38. The fourth-order valence-corrected chi connectivity index (χ4v) is 3.14. The monoisotopic (exact) mass is 385 g/mol.